The molecule has 3 aromatic rings. The van der Waals surface area contributed by atoms with Crippen molar-refractivity contribution in [1.29, 1.82) is 0 Å². The van der Waals surface area contributed by atoms with Crippen LogP contribution in [0.25, 0.3) is 5.69 Å². The summed E-state index contributed by atoms with van der Waals surface area (Å²) in [6.45, 7) is 5.70. The molecule has 0 aliphatic heterocycles. The first-order valence-corrected chi connectivity index (χ1v) is 9.88. The first-order valence-electron chi connectivity index (χ1n) is 9.51. The summed E-state index contributed by atoms with van der Waals surface area (Å²) in [5, 5.41) is 5.17. The Labute approximate surface area is 180 Å². The highest BCUT2D eigenvalue weighted by Gasteiger charge is 2.16. The molecule has 0 unspecified atom stereocenters. The molecular weight excluding hydrogens is 404 g/mol. The minimum absolute atomic E-state index is 0.250. The van der Waals surface area contributed by atoms with Gasteiger partial charge in [0.05, 0.1) is 24.1 Å². The molecule has 0 aliphatic rings. The van der Waals surface area contributed by atoms with Crippen LogP contribution in [0.5, 0.6) is 5.75 Å². The maximum absolute atomic E-state index is 12.5. The van der Waals surface area contributed by atoms with Crippen LogP contribution in [0.4, 0.5) is 0 Å². The van der Waals surface area contributed by atoms with Crippen molar-refractivity contribution in [2.45, 2.75) is 33.6 Å². The SMILES string of the molecule is COC(=O)CCc1c(C)nn(-c2ccc(C(=O)Oc3ccc(Cl)cc3C)cc2)c1C. The third-order valence-electron chi connectivity index (χ3n) is 4.94. The van der Waals surface area contributed by atoms with Gasteiger partial charge in [0.2, 0.25) is 0 Å². The van der Waals surface area contributed by atoms with Crippen LogP contribution in [0.3, 0.4) is 0 Å². The van der Waals surface area contributed by atoms with E-state index in [2.05, 4.69) is 5.10 Å². The summed E-state index contributed by atoms with van der Waals surface area (Å²) in [5.41, 5.74) is 4.86. The number of hydrogen-bond donors (Lipinski definition) is 0. The molecule has 0 aliphatic carbocycles. The Morgan fingerprint density at radius 2 is 1.77 bits per heavy atom. The number of esters is 2. The molecule has 0 saturated carbocycles. The summed E-state index contributed by atoms with van der Waals surface area (Å²) < 4.78 is 12.0. The lowest BCUT2D eigenvalue weighted by atomic mass is 10.1. The zero-order chi connectivity index (χ0) is 21.8. The van der Waals surface area contributed by atoms with Crippen molar-refractivity contribution in [3.8, 4) is 11.4 Å². The van der Waals surface area contributed by atoms with Crippen molar-refractivity contribution >= 4 is 23.5 Å². The number of carbonyl (C=O) groups excluding carboxylic acids is 2. The van der Waals surface area contributed by atoms with Gasteiger partial charge in [0.1, 0.15) is 5.75 Å². The molecule has 0 bridgehead atoms. The molecule has 0 saturated heterocycles. The average molecular weight is 427 g/mol. The number of benzene rings is 2. The standard InChI is InChI=1S/C23H23ClN2O4/c1-14-13-18(24)7-11-21(14)30-23(28)17-5-8-19(9-6-17)26-16(3)20(15(2)25-26)10-12-22(27)29-4/h5-9,11,13H,10,12H2,1-4H3. The van der Waals surface area contributed by atoms with Crippen molar-refractivity contribution in [2.24, 2.45) is 0 Å². The van der Waals surface area contributed by atoms with Gasteiger partial charge in [0.15, 0.2) is 0 Å². The van der Waals surface area contributed by atoms with E-state index in [1.165, 1.54) is 7.11 Å². The Morgan fingerprint density at radius 1 is 1.07 bits per heavy atom. The van der Waals surface area contributed by atoms with Gasteiger partial charge in [-0.15, -0.1) is 0 Å². The second kappa shape index (κ2) is 9.13. The van der Waals surface area contributed by atoms with Crippen molar-refractivity contribution in [2.75, 3.05) is 7.11 Å². The molecule has 0 fully saturated rings. The van der Waals surface area contributed by atoms with Gasteiger partial charge >= 0.3 is 11.9 Å². The highest BCUT2D eigenvalue weighted by molar-refractivity contribution is 6.30. The molecular formula is C23H23ClN2O4. The largest absolute Gasteiger partial charge is 0.469 e. The minimum Gasteiger partial charge on any atom is -0.469 e. The van der Waals surface area contributed by atoms with Gasteiger partial charge < -0.3 is 9.47 Å². The second-order valence-electron chi connectivity index (χ2n) is 6.98. The molecule has 2 aromatic carbocycles. The van der Waals surface area contributed by atoms with Gasteiger partial charge in [-0.3, -0.25) is 4.79 Å². The van der Waals surface area contributed by atoms with Crippen LogP contribution in [0.1, 0.15) is 39.3 Å². The van der Waals surface area contributed by atoms with Crippen molar-refractivity contribution < 1.29 is 19.1 Å². The van der Waals surface area contributed by atoms with Crippen LogP contribution in [-0.4, -0.2) is 28.8 Å². The molecule has 30 heavy (non-hydrogen) atoms. The summed E-state index contributed by atoms with van der Waals surface area (Å²) in [4.78, 5) is 23.9. The van der Waals surface area contributed by atoms with Crippen LogP contribution in [0, 0.1) is 20.8 Å². The van der Waals surface area contributed by atoms with Crippen LogP contribution in [0.2, 0.25) is 5.02 Å². The summed E-state index contributed by atoms with van der Waals surface area (Å²) >= 11 is 5.94. The highest BCUT2D eigenvalue weighted by atomic mass is 35.5. The minimum atomic E-state index is -0.445. The first-order chi connectivity index (χ1) is 14.3. The van der Waals surface area contributed by atoms with Crippen LogP contribution < -0.4 is 4.74 Å². The Bertz CT molecular complexity index is 1090. The molecule has 0 N–H and O–H groups in total. The van der Waals surface area contributed by atoms with E-state index in [1.807, 2.05) is 32.9 Å². The topological polar surface area (TPSA) is 70.4 Å². The number of nitrogens with zero attached hydrogens (tertiary/aromatic N) is 2. The van der Waals surface area contributed by atoms with Crippen LogP contribution in [-0.2, 0) is 16.0 Å². The van der Waals surface area contributed by atoms with Gasteiger partial charge in [-0.05, 0) is 80.8 Å². The van der Waals surface area contributed by atoms with E-state index in [0.717, 1.165) is 28.2 Å². The molecule has 6 nitrogen and oxygen atoms in total. The van der Waals surface area contributed by atoms with Crippen molar-refractivity contribution in [1.82, 2.24) is 9.78 Å². The van der Waals surface area contributed by atoms with Gasteiger partial charge in [-0.1, -0.05) is 11.6 Å². The molecule has 1 heterocycles. The van der Waals surface area contributed by atoms with Crippen LogP contribution >= 0.6 is 11.6 Å². The van der Waals surface area contributed by atoms with E-state index in [1.54, 1.807) is 35.0 Å². The molecule has 0 spiro atoms. The van der Waals surface area contributed by atoms with E-state index in [4.69, 9.17) is 21.1 Å². The number of rotatable bonds is 6. The number of ether oxygens (including phenoxy) is 2. The van der Waals surface area contributed by atoms with Gasteiger partial charge in [0, 0.05) is 17.1 Å². The fourth-order valence-corrected chi connectivity index (χ4v) is 3.47. The summed E-state index contributed by atoms with van der Waals surface area (Å²) in [6.07, 6.45) is 0.869. The van der Waals surface area contributed by atoms with E-state index < -0.39 is 5.97 Å². The van der Waals surface area contributed by atoms with Gasteiger partial charge in [0.25, 0.3) is 0 Å². The average Bonchev–Trinajstić information content (AvgIpc) is 3.01. The number of methoxy groups -OCH3 is 1. The number of aryl methyl sites for hydroxylation is 2. The Balaban J connectivity index is 1.77. The van der Waals surface area contributed by atoms with E-state index >= 15 is 0 Å². The van der Waals surface area contributed by atoms with Crippen molar-refractivity contribution in [3.63, 3.8) is 0 Å². The molecule has 156 valence electrons. The van der Waals surface area contributed by atoms with Gasteiger partial charge in [-0.25, -0.2) is 9.48 Å². The molecule has 0 amide bonds. The predicted molar refractivity (Wildman–Crippen MR) is 115 cm³/mol. The quantitative estimate of drug-likeness (QED) is 0.419. The second-order valence-corrected chi connectivity index (χ2v) is 7.42. The number of carbonyl (C=O) groups is 2. The third-order valence-corrected chi connectivity index (χ3v) is 5.17. The van der Waals surface area contributed by atoms with E-state index in [9.17, 15) is 9.59 Å². The third kappa shape index (κ3) is 4.71. The Kier molecular flexibility index (Phi) is 6.57. The summed E-state index contributed by atoms with van der Waals surface area (Å²) in [5.74, 6) is -0.221. The predicted octanol–water partition coefficient (Wildman–Crippen LogP) is 4.78. The fraction of sp³-hybridized carbons (Fsp3) is 0.261. The summed E-state index contributed by atoms with van der Waals surface area (Å²) in [6, 6.07) is 12.1. The zero-order valence-electron chi connectivity index (χ0n) is 17.4. The maximum atomic E-state index is 12.5. The first kappa shape index (κ1) is 21.6. The zero-order valence-corrected chi connectivity index (χ0v) is 18.1. The monoisotopic (exact) mass is 426 g/mol. The lowest BCUT2D eigenvalue weighted by Crippen LogP contribution is -2.09. The summed E-state index contributed by atoms with van der Waals surface area (Å²) in [7, 11) is 1.38. The van der Waals surface area contributed by atoms with Crippen molar-refractivity contribution in [3.05, 3.63) is 75.6 Å². The Hall–Kier alpha value is -3.12. The molecule has 7 heteroatoms. The highest BCUT2D eigenvalue weighted by Crippen LogP contribution is 2.24. The van der Waals surface area contributed by atoms with Crippen LogP contribution in [0.15, 0.2) is 42.5 Å². The van der Waals surface area contributed by atoms with E-state index in [-0.39, 0.29) is 5.97 Å². The van der Waals surface area contributed by atoms with Gasteiger partial charge in [-0.2, -0.15) is 5.10 Å². The number of aromatic nitrogens is 2. The lowest BCUT2D eigenvalue weighted by molar-refractivity contribution is -0.140. The number of halogens is 1. The molecule has 0 atom stereocenters. The smallest absolute Gasteiger partial charge is 0.343 e. The fourth-order valence-electron chi connectivity index (χ4n) is 3.24. The Morgan fingerprint density at radius 3 is 2.40 bits per heavy atom. The maximum Gasteiger partial charge on any atom is 0.343 e. The normalized spacial score (nSPS) is 10.7. The number of hydrogen-bond acceptors (Lipinski definition) is 5. The molecule has 0 radical (unpaired) electrons. The van der Waals surface area contributed by atoms with E-state index in [0.29, 0.717) is 29.2 Å². The lowest BCUT2D eigenvalue weighted by Gasteiger charge is -2.09. The molecule has 3 rings (SSSR count). The molecule has 1 aromatic heterocycles.